The van der Waals surface area contributed by atoms with Crippen molar-refractivity contribution in [2.45, 2.75) is 90.5 Å². The van der Waals surface area contributed by atoms with Crippen molar-refractivity contribution >= 4 is 5.91 Å². The van der Waals surface area contributed by atoms with Crippen LogP contribution in [0.2, 0.25) is 0 Å². The molecule has 1 aromatic heterocycles. The third-order valence-electron chi connectivity index (χ3n) is 5.10. The summed E-state index contributed by atoms with van der Waals surface area (Å²) in [7, 11) is 2.02. The summed E-state index contributed by atoms with van der Waals surface area (Å²) >= 11 is 0. The molecule has 0 aliphatic carbocycles. The van der Waals surface area contributed by atoms with Gasteiger partial charge < -0.3 is 9.47 Å². The fraction of sp³-hybridized carbons (Fsp3) is 0.696. The summed E-state index contributed by atoms with van der Waals surface area (Å²) in [6.45, 7) is 7.36. The Labute approximate surface area is 161 Å². The van der Waals surface area contributed by atoms with Crippen molar-refractivity contribution in [2.24, 2.45) is 7.05 Å². The molecule has 0 atom stereocenters. The molecule has 0 N–H and O–H groups in total. The number of carbonyl (C=O) groups excluding carboxylic acids is 1. The van der Waals surface area contributed by atoms with Gasteiger partial charge in [0.1, 0.15) is 0 Å². The zero-order chi connectivity index (χ0) is 19.0. The highest BCUT2D eigenvalue weighted by molar-refractivity contribution is 5.76. The summed E-state index contributed by atoms with van der Waals surface area (Å²) in [5.74, 6) is 0.252. The first-order valence-corrected chi connectivity index (χ1v) is 10.7. The molecular formula is C23H40N2O. The average molecular weight is 361 g/mol. The van der Waals surface area contributed by atoms with Crippen LogP contribution >= 0.6 is 0 Å². The Morgan fingerprint density at radius 2 is 1.62 bits per heavy atom. The Morgan fingerprint density at radius 1 is 1.04 bits per heavy atom. The summed E-state index contributed by atoms with van der Waals surface area (Å²) < 4.78 is 2.08. The normalized spacial score (nSPS) is 10.8. The Morgan fingerprint density at radius 3 is 2.12 bits per heavy atom. The van der Waals surface area contributed by atoms with E-state index in [1.54, 1.807) is 0 Å². The largest absolute Gasteiger partial charge is 0.353 e. The molecule has 0 saturated carbocycles. The molecule has 0 fully saturated rings. The third kappa shape index (κ3) is 9.84. The van der Waals surface area contributed by atoms with Crippen LogP contribution in [0.1, 0.15) is 89.7 Å². The highest BCUT2D eigenvalue weighted by Gasteiger charge is 2.13. The zero-order valence-corrected chi connectivity index (χ0v) is 17.2. The van der Waals surface area contributed by atoms with Crippen molar-refractivity contribution in [3.05, 3.63) is 36.7 Å². The minimum atomic E-state index is 0.252. The molecule has 1 heterocycles. The Hall–Kier alpha value is -1.51. The number of amides is 1. The van der Waals surface area contributed by atoms with Crippen molar-refractivity contribution in [1.82, 2.24) is 9.47 Å². The lowest BCUT2D eigenvalue weighted by molar-refractivity contribution is -0.131. The molecule has 0 aromatic carbocycles. The van der Waals surface area contributed by atoms with Gasteiger partial charge in [-0.3, -0.25) is 4.79 Å². The van der Waals surface area contributed by atoms with Crippen molar-refractivity contribution in [3.8, 4) is 0 Å². The minimum absolute atomic E-state index is 0.252. The number of aromatic nitrogens is 1. The highest BCUT2D eigenvalue weighted by Crippen LogP contribution is 2.13. The van der Waals surface area contributed by atoms with E-state index in [9.17, 15) is 4.79 Å². The van der Waals surface area contributed by atoms with E-state index in [-0.39, 0.29) is 5.91 Å². The number of nitrogens with zero attached hydrogens (tertiary/aromatic N) is 2. The second-order valence-electron chi connectivity index (χ2n) is 7.46. The van der Waals surface area contributed by atoms with Crippen molar-refractivity contribution in [2.75, 3.05) is 6.54 Å². The molecule has 0 aliphatic rings. The number of aryl methyl sites for hydroxylation is 1. The molecule has 0 aliphatic heterocycles. The van der Waals surface area contributed by atoms with Crippen molar-refractivity contribution < 1.29 is 4.79 Å². The lowest BCUT2D eigenvalue weighted by atomic mass is 10.1. The molecule has 1 aromatic rings. The van der Waals surface area contributed by atoms with Crippen LogP contribution < -0.4 is 0 Å². The first-order valence-electron chi connectivity index (χ1n) is 10.7. The van der Waals surface area contributed by atoms with Gasteiger partial charge in [0.2, 0.25) is 5.91 Å². The Balaban J connectivity index is 2.10. The first-order chi connectivity index (χ1) is 12.7. The zero-order valence-electron chi connectivity index (χ0n) is 17.2. The van der Waals surface area contributed by atoms with E-state index in [4.69, 9.17) is 0 Å². The average Bonchev–Trinajstić information content (AvgIpc) is 3.04. The lowest BCUT2D eigenvalue weighted by Gasteiger charge is -2.21. The molecular weight excluding hydrogens is 320 g/mol. The number of hydrogen-bond donors (Lipinski definition) is 0. The maximum Gasteiger partial charge on any atom is 0.223 e. The number of hydrogen-bond acceptors (Lipinski definition) is 1. The van der Waals surface area contributed by atoms with E-state index < -0.39 is 0 Å². The Kier molecular flexibility index (Phi) is 12.7. The maximum atomic E-state index is 12.5. The smallest absolute Gasteiger partial charge is 0.223 e. The maximum absolute atomic E-state index is 12.5. The summed E-state index contributed by atoms with van der Waals surface area (Å²) in [6, 6.07) is 4.10. The van der Waals surface area contributed by atoms with Crippen LogP contribution in [-0.2, 0) is 18.4 Å². The summed E-state index contributed by atoms with van der Waals surface area (Å²) in [5, 5.41) is 0. The van der Waals surface area contributed by atoms with Gasteiger partial charge in [-0.25, -0.2) is 0 Å². The second kappa shape index (κ2) is 14.6. The number of carbonyl (C=O) groups is 1. The van der Waals surface area contributed by atoms with Crippen molar-refractivity contribution in [1.29, 1.82) is 0 Å². The lowest BCUT2D eigenvalue weighted by Crippen LogP contribution is -2.31. The first kappa shape index (κ1) is 22.5. The topological polar surface area (TPSA) is 25.2 Å². The third-order valence-corrected chi connectivity index (χ3v) is 5.10. The molecule has 0 saturated heterocycles. The van der Waals surface area contributed by atoms with Crippen LogP contribution in [0.25, 0.3) is 0 Å². The van der Waals surface area contributed by atoms with E-state index in [0.717, 1.165) is 6.42 Å². The molecule has 26 heavy (non-hydrogen) atoms. The molecule has 0 bridgehead atoms. The SMILES string of the molecule is C=CCN(Cc1cccn1C)C(=O)CCCCCCCCCCCCC. The van der Waals surface area contributed by atoms with E-state index >= 15 is 0 Å². The minimum Gasteiger partial charge on any atom is -0.353 e. The number of rotatable bonds is 16. The van der Waals surface area contributed by atoms with E-state index in [0.29, 0.717) is 19.5 Å². The van der Waals surface area contributed by atoms with Gasteiger partial charge in [-0.15, -0.1) is 6.58 Å². The van der Waals surface area contributed by atoms with Gasteiger partial charge in [-0.1, -0.05) is 77.2 Å². The van der Waals surface area contributed by atoms with Gasteiger partial charge in [-0.2, -0.15) is 0 Å². The number of unbranched alkanes of at least 4 members (excludes halogenated alkanes) is 10. The molecule has 0 radical (unpaired) electrons. The molecule has 0 spiro atoms. The standard InChI is InChI=1S/C23H40N2O/c1-4-6-7-8-9-10-11-12-13-14-15-18-23(26)25(19-5-2)21-22-17-16-20-24(22)3/h5,16-17,20H,2,4,6-15,18-19,21H2,1,3H3. The summed E-state index contributed by atoms with van der Waals surface area (Å²) in [5.41, 5.74) is 1.17. The fourth-order valence-electron chi connectivity index (χ4n) is 3.37. The van der Waals surface area contributed by atoms with Crippen LogP contribution in [-0.4, -0.2) is 21.9 Å². The molecule has 0 unspecified atom stereocenters. The van der Waals surface area contributed by atoms with Gasteiger partial charge in [0.25, 0.3) is 0 Å². The highest BCUT2D eigenvalue weighted by atomic mass is 16.2. The quantitative estimate of drug-likeness (QED) is 0.253. The summed E-state index contributed by atoms with van der Waals surface area (Å²) in [4.78, 5) is 14.4. The van der Waals surface area contributed by atoms with Gasteiger partial charge >= 0.3 is 0 Å². The van der Waals surface area contributed by atoms with Crippen LogP contribution in [0.5, 0.6) is 0 Å². The molecule has 3 heteroatoms. The van der Waals surface area contributed by atoms with E-state index in [1.165, 1.54) is 69.9 Å². The van der Waals surface area contributed by atoms with Crippen LogP contribution in [0.4, 0.5) is 0 Å². The Bertz CT molecular complexity index is 492. The van der Waals surface area contributed by atoms with E-state index in [2.05, 4.69) is 24.1 Å². The van der Waals surface area contributed by atoms with Crippen LogP contribution in [0, 0.1) is 0 Å². The molecule has 1 rings (SSSR count). The van der Waals surface area contributed by atoms with Gasteiger partial charge in [0, 0.05) is 31.9 Å². The van der Waals surface area contributed by atoms with Crippen LogP contribution in [0.15, 0.2) is 31.0 Å². The van der Waals surface area contributed by atoms with Crippen LogP contribution in [0.3, 0.4) is 0 Å². The molecule has 3 nitrogen and oxygen atoms in total. The molecule has 1 amide bonds. The second-order valence-corrected chi connectivity index (χ2v) is 7.46. The fourth-order valence-corrected chi connectivity index (χ4v) is 3.37. The molecule has 148 valence electrons. The van der Waals surface area contributed by atoms with E-state index in [1.807, 2.05) is 30.3 Å². The monoisotopic (exact) mass is 360 g/mol. The predicted octanol–water partition coefficient (Wildman–Crippen LogP) is 6.24. The predicted molar refractivity (Wildman–Crippen MR) is 112 cm³/mol. The van der Waals surface area contributed by atoms with Gasteiger partial charge in [0.05, 0.1) is 6.54 Å². The van der Waals surface area contributed by atoms with Gasteiger partial charge in [0.15, 0.2) is 0 Å². The summed E-state index contributed by atoms with van der Waals surface area (Å²) in [6.07, 6.45) is 18.9. The van der Waals surface area contributed by atoms with Crippen molar-refractivity contribution in [3.63, 3.8) is 0 Å². The van der Waals surface area contributed by atoms with Gasteiger partial charge in [-0.05, 0) is 18.6 Å².